The van der Waals surface area contributed by atoms with E-state index in [4.69, 9.17) is 14.2 Å². The quantitative estimate of drug-likeness (QED) is 0.364. The van der Waals surface area contributed by atoms with Crippen molar-refractivity contribution in [2.24, 2.45) is 0 Å². The number of cyclic esters (lactones) is 1. The predicted molar refractivity (Wildman–Crippen MR) is 122 cm³/mol. The number of rotatable bonds is 7. The fraction of sp³-hybridized carbons (Fsp3) is 0.440. The molecule has 0 radical (unpaired) electrons. The fourth-order valence-corrected chi connectivity index (χ4v) is 3.08. The molecule has 1 aromatic carbocycles. The molecule has 0 saturated heterocycles. The first-order valence-corrected chi connectivity index (χ1v) is 10.9. The number of nitrogens with one attached hydrogen (secondary N) is 1. The summed E-state index contributed by atoms with van der Waals surface area (Å²) in [6.07, 6.45) is 2.90. The lowest BCUT2D eigenvalue weighted by Crippen LogP contribution is -2.45. The summed E-state index contributed by atoms with van der Waals surface area (Å²) < 4.78 is 20.4. The van der Waals surface area contributed by atoms with Gasteiger partial charge in [0.05, 0.1) is 19.1 Å². The first kappa shape index (κ1) is 26.6. The Bertz CT molecular complexity index is 943. The molecule has 0 bridgehead atoms. The number of amides is 1. The summed E-state index contributed by atoms with van der Waals surface area (Å²) in [7, 11) is 1.25. The zero-order valence-corrected chi connectivity index (χ0v) is 19.9. The van der Waals surface area contributed by atoms with Crippen LogP contribution in [0.2, 0.25) is 0 Å². The van der Waals surface area contributed by atoms with Crippen molar-refractivity contribution in [1.82, 2.24) is 5.32 Å². The van der Waals surface area contributed by atoms with Crippen molar-refractivity contribution in [1.29, 1.82) is 0 Å². The maximum absolute atomic E-state index is 12.9. The van der Waals surface area contributed by atoms with Gasteiger partial charge in [0.15, 0.2) is 0 Å². The molecule has 1 aromatic rings. The van der Waals surface area contributed by atoms with E-state index in [1.807, 2.05) is 30.3 Å². The zero-order chi connectivity index (χ0) is 25.1. The highest BCUT2D eigenvalue weighted by Crippen LogP contribution is 2.16. The highest BCUT2D eigenvalue weighted by Gasteiger charge is 2.26. The van der Waals surface area contributed by atoms with E-state index in [1.54, 1.807) is 26.8 Å². The Morgan fingerprint density at radius 2 is 1.85 bits per heavy atom. The van der Waals surface area contributed by atoms with Crippen LogP contribution in [0, 0.1) is 0 Å². The van der Waals surface area contributed by atoms with E-state index < -0.39 is 35.6 Å². The minimum absolute atomic E-state index is 0.110. The largest absolute Gasteiger partial charge is 0.466 e. The number of hydrogen-bond donors (Lipinski definition) is 1. The Hall–Kier alpha value is -3.62. The summed E-state index contributed by atoms with van der Waals surface area (Å²) in [6, 6.07) is 8.18. The van der Waals surface area contributed by atoms with Crippen LogP contribution in [0.15, 0.2) is 53.8 Å². The van der Waals surface area contributed by atoms with Gasteiger partial charge in [-0.3, -0.25) is 4.79 Å². The number of methoxy groups -OCH3 is 1. The van der Waals surface area contributed by atoms with Crippen molar-refractivity contribution in [2.75, 3.05) is 13.7 Å². The minimum atomic E-state index is -0.992. The van der Waals surface area contributed by atoms with Crippen LogP contribution >= 0.6 is 0 Å². The highest BCUT2D eigenvalue weighted by atomic mass is 16.6. The first-order chi connectivity index (χ1) is 16.1. The molecule has 0 spiro atoms. The van der Waals surface area contributed by atoms with Gasteiger partial charge in [0.2, 0.25) is 0 Å². The number of carbonyl (C=O) groups excluding carboxylic acids is 4. The molecule has 1 N–H and O–H groups in total. The third-order valence-corrected chi connectivity index (χ3v) is 4.66. The van der Waals surface area contributed by atoms with E-state index in [-0.39, 0.29) is 25.0 Å². The molecule has 34 heavy (non-hydrogen) atoms. The molecule has 0 aliphatic carbocycles. The Balaban J connectivity index is 2.06. The molecule has 184 valence electrons. The third-order valence-electron chi connectivity index (χ3n) is 4.66. The van der Waals surface area contributed by atoms with Gasteiger partial charge in [0.25, 0.3) is 0 Å². The second-order valence-corrected chi connectivity index (χ2v) is 8.70. The maximum Gasteiger partial charge on any atom is 0.408 e. The van der Waals surface area contributed by atoms with Gasteiger partial charge in [-0.2, -0.15) is 0 Å². The van der Waals surface area contributed by atoms with E-state index in [0.717, 1.165) is 11.8 Å². The van der Waals surface area contributed by atoms with E-state index in [0.29, 0.717) is 18.4 Å². The van der Waals surface area contributed by atoms with Gasteiger partial charge in [0.1, 0.15) is 24.5 Å². The summed E-state index contributed by atoms with van der Waals surface area (Å²) in [5.41, 5.74) is 0.848. The lowest BCUT2D eigenvalue weighted by atomic mass is 10.1. The summed E-state index contributed by atoms with van der Waals surface area (Å²) >= 11 is 0. The molecule has 1 atom stereocenters. The van der Waals surface area contributed by atoms with Crippen LogP contribution in [0.25, 0.3) is 0 Å². The van der Waals surface area contributed by atoms with Crippen molar-refractivity contribution in [3.63, 3.8) is 0 Å². The SMILES string of the molecule is COC(=O)/C1=C/OC(=O)C/C(COC(=O)[C@H](Cc2ccccc2)NC(=O)OC(C)(C)C)=C\CC1. The molecule has 1 aliphatic heterocycles. The Morgan fingerprint density at radius 3 is 2.50 bits per heavy atom. The van der Waals surface area contributed by atoms with Crippen molar-refractivity contribution < 1.29 is 38.1 Å². The average molecular weight is 474 g/mol. The van der Waals surface area contributed by atoms with Gasteiger partial charge in [-0.05, 0) is 44.7 Å². The number of allylic oxidation sites excluding steroid dienone is 1. The van der Waals surface area contributed by atoms with Crippen LogP contribution in [-0.4, -0.2) is 49.4 Å². The molecule has 0 aromatic heterocycles. The molecular formula is C25H31NO8. The standard InChI is InChI=1S/C25H31NO8/c1-25(2,3)34-24(30)26-20(13-17-9-6-5-7-10-17)23(29)33-15-18-11-8-12-19(22(28)31-4)16-32-21(27)14-18/h5-7,9-11,16,20H,8,12-15H2,1-4H3,(H,26,30)/b18-11+,19-16+/t20-/m0/s1. The van der Waals surface area contributed by atoms with Crippen LogP contribution in [0.1, 0.15) is 45.6 Å². The fourth-order valence-electron chi connectivity index (χ4n) is 3.08. The minimum Gasteiger partial charge on any atom is -0.466 e. The lowest BCUT2D eigenvalue weighted by molar-refractivity contribution is -0.146. The number of ether oxygens (including phenoxy) is 4. The molecule has 9 heteroatoms. The molecule has 0 fully saturated rings. The van der Waals surface area contributed by atoms with Crippen LogP contribution < -0.4 is 5.32 Å². The van der Waals surface area contributed by atoms with Crippen LogP contribution in [-0.2, 0) is 39.8 Å². The topological polar surface area (TPSA) is 117 Å². The maximum atomic E-state index is 12.9. The molecule has 1 heterocycles. The lowest BCUT2D eigenvalue weighted by Gasteiger charge is -2.23. The number of hydrogen-bond acceptors (Lipinski definition) is 8. The summed E-state index contributed by atoms with van der Waals surface area (Å²) in [5, 5.41) is 2.57. The predicted octanol–water partition coefficient (Wildman–Crippen LogP) is 3.38. The first-order valence-electron chi connectivity index (χ1n) is 10.9. The monoisotopic (exact) mass is 473 g/mol. The second kappa shape index (κ2) is 12.6. The average Bonchev–Trinajstić information content (AvgIpc) is 2.86. The molecule has 1 aliphatic rings. The smallest absolute Gasteiger partial charge is 0.408 e. The van der Waals surface area contributed by atoms with Gasteiger partial charge in [-0.1, -0.05) is 36.4 Å². The number of esters is 3. The summed E-state index contributed by atoms with van der Waals surface area (Å²) in [6.45, 7) is 5.00. The normalized spacial score (nSPS) is 18.3. The highest BCUT2D eigenvalue weighted by molar-refractivity contribution is 5.88. The zero-order valence-electron chi connectivity index (χ0n) is 19.9. The van der Waals surface area contributed by atoms with Crippen molar-refractivity contribution in [2.45, 2.75) is 58.1 Å². The molecule has 2 rings (SSSR count). The Labute approximate surface area is 199 Å². The Kier molecular flexibility index (Phi) is 9.85. The second-order valence-electron chi connectivity index (χ2n) is 8.70. The van der Waals surface area contributed by atoms with Gasteiger partial charge < -0.3 is 24.3 Å². The van der Waals surface area contributed by atoms with Crippen LogP contribution in [0.3, 0.4) is 0 Å². The Morgan fingerprint density at radius 1 is 1.15 bits per heavy atom. The van der Waals surface area contributed by atoms with E-state index in [9.17, 15) is 19.2 Å². The van der Waals surface area contributed by atoms with Crippen molar-refractivity contribution >= 4 is 24.0 Å². The number of benzene rings is 1. The van der Waals surface area contributed by atoms with Gasteiger partial charge >= 0.3 is 24.0 Å². The third kappa shape index (κ3) is 9.48. The van der Waals surface area contributed by atoms with Crippen molar-refractivity contribution in [3.8, 4) is 0 Å². The van der Waals surface area contributed by atoms with Crippen LogP contribution in [0.5, 0.6) is 0 Å². The number of alkyl carbamates (subject to hydrolysis) is 1. The molecule has 0 saturated carbocycles. The van der Waals surface area contributed by atoms with E-state index >= 15 is 0 Å². The van der Waals surface area contributed by atoms with E-state index in [2.05, 4.69) is 10.1 Å². The van der Waals surface area contributed by atoms with Gasteiger partial charge in [-0.15, -0.1) is 0 Å². The van der Waals surface area contributed by atoms with Crippen LogP contribution in [0.4, 0.5) is 4.79 Å². The van der Waals surface area contributed by atoms with Gasteiger partial charge in [0, 0.05) is 6.42 Å². The van der Waals surface area contributed by atoms with Gasteiger partial charge in [-0.25, -0.2) is 14.4 Å². The number of carbonyl (C=O) groups is 4. The summed E-state index contributed by atoms with van der Waals surface area (Å²) in [5.74, 6) is -1.84. The van der Waals surface area contributed by atoms with Crippen molar-refractivity contribution in [3.05, 3.63) is 59.4 Å². The molecule has 0 unspecified atom stereocenters. The summed E-state index contributed by atoms with van der Waals surface area (Å²) in [4.78, 5) is 49.0. The molecule has 1 amide bonds. The molecule has 9 nitrogen and oxygen atoms in total. The molecular weight excluding hydrogens is 442 g/mol. The van der Waals surface area contributed by atoms with E-state index in [1.165, 1.54) is 7.11 Å².